The average Bonchev–Trinajstić information content (AvgIpc) is 2.90. The lowest BCUT2D eigenvalue weighted by molar-refractivity contribution is -0.0169. The van der Waals surface area contributed by atoms with E-state index in [-0.39, 0.29) is 0 Å². The molecule has 2 aromatic rings. The van der Waals surface area contributed by atoms with Gasteiger partial charge in [0.15, 0.2) is 5.82 Å². The fourth-order valence-electron chi connectivity index (χ4n) is 2.36. The maximum Gasteiger partial charge on any atom is 0.160 e. The molecule has 0 bridgehead atoms. The van der Waals surface area contributed by atoms with Crippen LogP contribution < -0.4 is 0 Å². The summed E-state index contributed by atoms with van der Waals surface area (Å²) in [6, 6.07) is 8.08. The number of morpholine rings is 1. The molecule has 0 radical (unpaired) electrons. The van der Waals surface area contributed by atoms with Crippen LogP contribution in [0.1, 0.15) is 6.92 Å². The first-order valence-corrected chi connectivity index (χ1v) is 7.08. The van der Waals surface area contributed by atoms with Crippen molar-refractivity contribution in [1.29, 1.82) is 0 Å². The summed E-state index contributed by atoms with van der Waals surface area (Å²) < 4.78 is 7.35. The Balaban J connectivity index is 1.85. The Morgan fingerprint density at radius 3 is 3.05 bits per heavy atom. The number of aromatic nitrogens is 3. The number of rotatable bonds is 3. The van der Waals surface area contributed by atoms with Crippen molar-refractivity contribution in [2.24, 2.45) is 0 Å². The zero-order chi connectivity index (χ0) is 13.9. The highest BCUT2D eigenvalue weighted by molar-refractivity contribution is 6.33. The fourth-order valence-corrected chi connectivity index (χ4v) is 2.58. The minimum Gasteiger partial charge on any atom is -0.379 e. The second-order valence-corrected chi connectivity index (χ2v) is 5.35. The quantitative estimate of drug-likeness (QED) is 0.870. The van der Waals surface area contributed by atoms with Gasteiger partial charge >= 0.3 is 0 Å². The van der Waals surface area contributed by atoms with Crippen molar-refractivity contribution >= 4 is 11.6 Å². The summed E-state index contributed by atoms with van der Waals surface area (Å²) in [5.74, 6) is 0.800. The third-order valence-corrected chi connectivity index (χ3v) is 3.88. The van der Waals surface area contributed by atoms with Crippen molar-refractivity contribution in [3.8, 4) is 11.4 Å². The maximum atomic E-state index is 6.24. The molecule has 1 aromatic heterocycles. The van der Waals surface area contributed by atoms with E-state index in [2.05, 4.69) is 21.9 Å². The summed E-state index contributed by atoms with van der Waals surface area (Å²) in [5, 5.41) is 5.02. The topological polar surface area (TPSA) is 43.2 Å². The third kappa shape index (κ3) is 2.70. The average molecular weight is 293 g/mol. The smallest absolute Gasteiger partial charge is 0.160 e. The molecule has 0 saturated carbocycles. The Morgan fingerprint density at radius 2 is 2.25 bits per heavy atom. The minimum absolute atomic E-state index is 0.382. The summed E-state index contributed by atoms with van der Waals surface area (Å²) in [5.41, 5.74) is 0.910. The van der Waals surface area contributed by atoms with Gasteiger partial charge in [-0.1, -0.05) is 23.7 Å². The van der Waals surface area contributed by atoms with Crippen LogP contribution in [0, 0.1) is 0 Å². The van der Waals surface area contributed by atoms with Gasteiger partial charge in [0.2, 0.25) is 0 Å². The van der Waals surface area contributed by atoms with Crippen LogP contribution in [0.5, 0.6) is 0 Å². The van der Waals surface area contributed by atoms with Gasteiger partial charge < -0.3 is 4.74 Å². The Bertz CT molecular complexity index is 586. The normalized spacial score (nSPS) is 20.2. The second-order valence-electron chi connectivity index (χ2n) is 4.94. The van der Waals surface area contributed by atoms with Crippen molar-refractivity contribution in [2.75, 3.05) is 19.8 Å². The second kappa shape index (κ2) is 5.91. The van der Waals surface area contributed by atoms with E-state index >= 15 is 0 Å². The molecule has 20 heavy (non-hydrogen) atoms. The van der Waals surface area contributed by atoms with Gasteiger partial charge in [0.05, 0.1) is 24.9 Å². The molecule has 1 unspecified atom stereocenters. The Morgan fingerprint density at radius 1 is 1.40 bits per heavy atom. The highest BCUT2D eigenvalue weighted by Gasteiger charge is 2.21. The van der Waals surface area contributed by atoms with Gasteiger partial charge in [-0.05, 0) is 19.1 Å². The molecule has 6 heteroatoms. The summed E-state index contributed by atoms with van der Waals surface area (Å²) in [4.78, 5) is 6.68. The predicted molar refractivity (Wildman–Crippen MR) is 77.5 cm³/mol. The molecule has 2 heterocycles. The molecule has 106 valence electrons. The van der Waals surface area contributed by atoms with Gasteiger partial charge in [-0.2, -0.15) is 5.10 Å². The third-order valence-electron chi connectivity index (χ3n) is 3.55. The van der Waals surface area contributed by atoms with Crippen molar-refractivity contribution in [3.05, 3.63) is 35.6 Å². The van der Waals surface area contributed by atoms with E-state index < -0.39 is 0 Å². The molecule has 1 aliphatic heterocycles. The Hall–Kier alpha value is -1.43. The zero-order valence-electron chi connectivity index (χ0n) is 11.4. The monoisotopic (exact) mass is 292 g/mol. The molecule has 1 atom stereocenters. The molecule has 3 rings (SSSR count). The summed E-state index contributed by atoms with van der Waals surface area (Å²) in [7, 11) is 0. The molecule has 1 fully saturated rings. The van der Waals surface area contributed by atoms with Crippen LogP contribution in [0.3, 0.4) is 0 Å². The summed E-state index contributed by atoms with van der Waals surface area (Å²) >= 11 is 6.24. The van der Waals surface area contributed by atoms with Gasteiger partial charge in [-0.15, -0.1) is 0 Å². The van der Waals surface area contributed by atoms with Crippen LogP contribution in [0.4, 0.5) is 0 Å². The fraction of sp³-hybridized carbons (Fsp3) is 0.429. The van der Waals surface area contributed by atoms with E-state index in [1.807, 2.05) is 28.9 Å². The van der Waals surface area contributed by atoms with Crippen LogP contribution >= 0.6 is 11.6 Å². The van der Waals surface area contributed by atoms with Gasteiger partial charge in [-0.3, -0.25) is 4.90 Å². The van der Waals surface area contributed by atoms with Crippen LogP contribution in [0.15, 0.2) is 30.6 Å². The molecule has 0 amide bonds. The predicted octanol–water partition coefficient (Wildman–Crippen LogP) is 2.28. The van der Waals surface area contributed by atoms with Crippen LogP contribution in [-0.4, -0.2) is 45.5 Å². The first-order chi connectivity index (χ1) is 9.75. The van der Waals surface area contributed by atoms with E-state index in [4.69, 9.17) is 16.3 Å². The Kier molecular flexibility index (Phi) is 4.00. The highest BCUT2D eigenvalue weighted by Crippen LogP contribution is 2.25. The molecule has 1 aromatic carbocycles. The SMILES string of the molecule is CC1COCCN1Cn1ncnc1-c1ccccc1Cl. The highest BCUT2D eigenvalue weighted by atomic mass is 35.5. The summed E-state index contributed by atoms with van der Waals surface area (Å²) in [6.45, 7) is 5.29. The van der Waals surface area contributed by atoms with E-state index in [0.29, 0.717) is 17.7 Å². The first-order valence-electron chi connectivity index (χ1n) is 6.70. The number of ether oxygens (including phenoxy) is 1. The minimum atomic E-state index is 0.382. The molecule has 0 N–H and O–H groups in total. The standard InChI is InChI=1S/C14H17ClN4O/c1-11-8-20-7-6-18(11)10-19-14(16-9-17-19)12-4-2-3-5-13(12)15/h2-5,9,11H,6-8,10H2,1H3. The van der Waals surface area contributed by atoms with Gasteiger partial charge in [0, 0.05) is 18.2 Å². The van der Waals surface area contributed by atoms with E-state index in [1.54, 1.807) is 6.33 Å². The molecule has 0 aliphatic carbocycles. The molecule has 1 saturated heterocycles. The Labute approximate surface area is 123 Å². The van der Waals surface area contributed by atoms with Crippen molar-refractivity contribution in [2.45, 2.75) is 19.6 Å². The van der Waals surface area contributed by atoms with Crippen molar-refractivity contribution in [1.82, 2.24) is 19.7 Å². The summed E-state index contributed by atoms with van der Waals surface area (Å²) in [6.07, 6.45) is 1.57. The number of hydrogen-bond donors (Lipinski definition) is 0. The number of halogens is 1. The van der Waals surface area contributed by atoms with Gasteiger partial charge in [0.25, 0.3) is 0 Å². The van der Waals surface area contributed by atoms with Crippen LogP contribution in [0.2, 0.25) is 5.02 Å². The number of benzene rings is 1. The molecular formula is C14H17ClN4O. The lowest BCUT2D eigenvalue weighted by Crippen LogP contribution is -2.44. The van der Waals surface area contributed by atoms with Crippen LogP contribution in [0.25, 0.3) is 11.4 Å². The first kappa shape index (κ1) is 13.5. The van der Waals surface area contributed by atoms with Crippen molar-refractivity contribution < 1.29 is 4.74 Å². The molecule has 5 nitrogen and oxygen atoms in total. The van der Waals surface area contributed by atoms with E-state index in [0.717, 1.165) is 31.1 Å². The van der Waals surface area contributed by atoms with Gasteiger partial charge in [-0.25, -0.2) is 9.67 Å². The van der Waals surface area contributed by atoms with Crippen LogP contribution in [-0.2, 0) is 11.4 Å². The largest absolute Gasteiger partial charge is 0.379 e. The van der Waals surface area contributed by atoms with Gasteiger partial charge in [0.1, 0.15) is 6.33 Å². The lowest BCUT2D eigenvalue weighted by Gasteiger charge is -2.33. The molecule has 0 spiro atoms. The zero-order valence-corrected chi connectivity index (χ0v) is 12.1. The number of nitrogens with zero attached hydrogens (tertiary/aromatic N) is 4. The lowest BCUT2D eigenvalue weighted by atomic mass is 10.2. The molecular weight excluding hydrogens is 276 g/mol. The van der Waals surface area contributed by atoms with Crippen molar-refractivity contribution in [3.63, 3.8) is 0 Å². The van der Waals surface area contributed by atoms with E-state index in [9.17, 15) is 0 Å². The molecule has 1 aliphatic rings. The maximum absolute atomic E-state index is 6.24. The van der Waals surface area contributed by atoms with E-state index in [1.165, 1.54) is 0 Å². The number of hydrogen-bond acceptors (Lipinski definition) is 4.